The van der Waals surface area contributed by atoms with Crippen molar-refractivity contribution in [1.82, 2.24) is 10.6 Å². The first-order valence-corrected chi connectivity index (χ1v) is 9.30. The van der Waals surface area contributed by atoms with Crippen LogP contribution in [0.4, 0.5) is 4.79 Å². The number of nitrogens with two attached hydrogens (primary N) is 1. The zero-order chi connectivity index (χ0) is 19.6. The van der Waals surface area contributed by atoms with E-state index in [-0.39, 0.29) is 19.6 Å². The highest BCUT2D eigenvalue weighted by Crippen LogP contribution is 2.13. The molecule has 0 aliphatic heterocycles. The zero-order valence-corrected chi connectivity index (χ0v) is 16.6. The lowest BCUT2D eigenvalue weighted by molar-refractivity contribution is -0.126. The minimum atomic E-state index is -0.865. The summed E-state index contributed by atoms with van der Waals surface area (Å²) in [6, 6.07) is 15.8. The van der Waals surface area contributed by atoms with Crippen LogP contribution in [-0.2, 0) is 27.4 Å². The van der Waals surface area contributed by atoms with Crippen molar-refractivity contribution in [3.8, 4) is 0 Å². The number of ether oxygens (including phenoxy) is 1. The van der Waals surface area contributed by atoms with Crippen LogP contribution in [0.1, 0.15) is 11.1 Å². The summed E-state index contributed by atoms with van der Waals surface area (Å²) in [5.74, 6) is -1.17. The molecule has 0 fully saturated rings. The average molecular weight is 481 g/mol. The number of alkyl carbamates (subject to hydrolysis) is 1. The van der Waals surface area contributed by atoms with E-state index in [0.717, 1.165) is 14.7 Å². The molecule has 8 heteroatoms. The van der Waals surface area contributed by atoms with Gasteiger partial charge in [-0.1, -0.05) is 48.5 Å². The molecule has 0 saturated carbocycles. The molecule has 0 aliphatic carbocycles. The Bertz CT molecular complexity index is 799. The SMILES string of the molecule is NC(=O)[C@@H](Cc1ccccc1I)NC(=O)CNC(=O)OCc1ccccc1. The van der Waals surface area contributed by atoms with Crippen LogP contribution in [0.25, 0.3) is 0 Å². The third-order valence-electron chi connectivity index (χ3n) is 3.67. The molecule has 4 N–H and O–H groups in total. The molecular formula is C19H20IN3O4. The number of carbonyl (C=O) groups excluding carboxylic acids is 3. The monoisotopic (exact) mass is 481 g/mol. The molecule has 0 aliphatic rings. The number of nitrogens with one attached hydrogen (secondary N) is 2. The van der Waals surface area contributed by atoms with E-state index in [1.54, 1.807) is 0 Å². The van der Waals surface area contributed by atoms with E-state index in [4.69, 9.17) is 10.5 Å². The first kappa shape index (κ1) is 20.7. The Balaban J connectivity index is 1.79. The van der Waals surface area contributed by atoms with E-state index < -0.39 is 23.9 Å². The van der Waals surface area contributed by atoms with Gasteiger partial charge in [0.05, 0.1) is 0 Å². The van der Waals surface area contributed by atoms with E-state index in [0.29, 0.717) is 0 Å². The quantitative estimate of drug-likeness (QED) is 0.499. The van der Waals surface area contributed by atoms with Crippen molar-refractivity contribution in [1.29, 1.82) is 0 Å². The highest BCUT2D eigenvalue weighted by atomic mass is 127. The molecule has 0 saturated heterocycles. The number of rotatable bonds is 8. The van der Waals surface area contributed by atoms with Crippen molar-refractivity contribution >= 4 is 40.5 Å². The lowest BCUT2D eigenvalue weighted by Crippen LogP contribution is -2.49. The summed E-state index contributed by atoms with van der Waals surface area (Å²) in [5.41, 5.74) is 7.12. The van der Waals surface area contributed by atoms with Crippen molar-refractivity contribution < 1.29 is 19.1 Å². The third kappa shape index (κ3) is 7.26. The normalized spacial score (nSPS) is 11.3. The average Bonchev–Trinajstić information content (AvgIpc) is 2.66. The zero-order valence-electron chi connectivity index (χ0n) is 14.5. The first-order chi connectivity index (χ1) is 13.0. The Hall–Kier alpha value is -2.62. The maximum atomic E-state index is 12.0. The Morgan fingerprint density at radius 1 is 1.04 bits per heavy atom. The smallest absolute Gasteiger partial charge is 0.407 e. The largest absolute Gasteiger partial charge is 0.445 e. The summed E-state index contributed by atoms with van der Waals surface area (Å²) in [4.78, 5) is 35.3. The van der Waals surface area contributed by atoms with Gasteiger partial charge in [-0.05, 0) is 39.8 Å². The maximum absolute atomic E-state index is 12.0. The van der Waals surface area contributed by atoms with Gasteiger partial charge in [0.15, 0.2) is 0 Å². The number of amides is 3. The molecule has 0 bridgehead atoms. The molecule has 2 rings (SSSR count). The Kier molecular flexibility index (Phi) is 8.05. The van der Waals surface area contributed by atoms with Gasteiger partial charge in [0.25, 0.3) is 0 Å². The second kappa shape index (κ2) is 10.5. The Morgan fingerprint density at radius 3 is 2.37 bits per heavy atom. The van der Waals surface area contributed by atoms with Crippen LogP contribution in [-0.4, -0.2) is 30.5 Å². The number of carbonyl (C=O) groups is 3. The van der Waals surface area contributed by atoms with E-state index in [2.05, 4.69) is 33.2 Å². The number of benzene rings is 2. The number of primary amides is 1. The molecule has 3 amide bonds. The molecule has 1 atom stereocenters. The van der Waals surface area contributed by atoms with Gasteiger partial charge in [-0.25, -0.2) is 4.79 Å². The molecular weight excluding hydrogens is 461 g/mol. The molecule has 0 radical (unpaired) electrons. The van der Waals surface area contributed by atoms with Crippen molar-refractivity contribution in [2.75, 3.05) is 6.54 Å². The fourth-order valence-electron chi connectivity index (χ4n) is 2.28. The van der Waals surface area contributed by atoms with Crippen LogP contribution < -0.4 is 16.4 Å². The molecule has 2 aromatic carbocycles. The van der Waals surface area contributed by atoms with Gasteiger partial charge in [-0.2, -0.15) is 0 Å². The summed E-state index contributed by atoms with van der Waals surface area (Å²) >= 11 is 2.15. The van der Waals surface area contributed by atoms with Gasteiger partial charge in [-0.15, -0.1) is 0 Å². The predicted molar refractivity (Wildman–Crippen MR) is 109 cm³/mol. The van der Waals surface area contributed by atoms with Gasteiger partial charge < -0.3 is 21.1 Å². The van der Waals surface area contributed by atoms with Crippen LogP contribution in [0.3, 0.4) is 0 Å². The van der Waals surface area contributed by atoms with Crippen LogP contribution in [0.15, 0.2) is 54.6 Å². The molecule has 7 nitrogen and oxygen atoms in total. The van der Waals surface area contributed by atoms with Crippen LogP contribution >= 0.6 is 22.6 Å². The molecule has 2 aromatic rings. The van der Waals surface area contributed by atoms with Gasteiger partial charge in [0.2, 0.25) is 11.8 Å². The molecule has 0 aromatic heterocycles. The Labute approximate surface area is 170 Å². The third-order valence-corrected chi connectivity index (χ3v) is 4.72. The van der Waals surface area contributed by atoms with E-state index in [1.165, 1.54) is 0 Å². The first-order valence-electron chi connectivity index (χ1n) is 8.22. The summed E-state index contributed by atoms with van der Waals surface area (Å²) < 4.78 is 5.99. The fraction of sp³-hybridized carbons (Fsp3) is 0.211. The lowest BCUT2D eigenvalue weighted by Gasteiger charge is -2.16. The predicted octanol–water partition coefficient (Wildman–Crippen LogP) is 1.73. The van der Waals surface area contributed by atoms with Gasteiger partial charge in [0.1, 0.15) is 19.2 Å². The van der Waals surface area contributed by atoms with E-state index in [1.807, 2.05) is 54.6 Å². The maximum Gasteiger partial charge on any atom is 0.407 e. The minimum absolute atomic E-state index is 0.102. The molecule has 0 unspecified atom stereocenters. The summed E-state index contributed by atoms with van der Waals surface area (Å²) in [5, 5.41) is 4.88. The van der Waals surface area contributed by atoms with E-state index in [9.17, 15) is 14.4 Å². The molecule has 27 heavy (non-hydrogen) atoms. The lowest BCUT2D eigenvalue weighted by atomic mass is 10.1. The van der Waals surface area contributed by atoms with Gasteiger partial charge in [-0.3, -0.25) is 9.59 Å². The molecule has 0 heterocycles. The van der Waals surface area contributed by atoms with Crippen molar-refractivity contribution in [3.63, 3.8) is 0 Å². The van der Waals surface area contributed by atoms with E-state index >= 15 is 0 Å². The van der Waals surface area contributed by atoms with Crippen molar-refractivity contribution in [2.24, 2.45) is 5.73 Å². The van der Waals surface area contributed by atoms with Crippen LogP contribution in [0.5, 0.6) is 0 Å². The standard InChI is InChI=1S/C19H20IN3O4/c20-15-9-5-4-8-14(15)10-16(18(21)25)23-17(24)11-22-19(26)27-12-13-6-2-1-3-7-13/h1-9,16H,10-12H2,(H2,21,25)(H,22,26)(H,23,24)/t16-/m1/s1. The number of hydrogen-bond acceptors (Lipinski definition) is 4. The summed E-state index contributed by atoms with van der Waals surface area (Å²) in [6.45, 7) is -0.214. The van der Waals surface area contributed by atoms with Crippen LogP contribution in [0, 0.1) is 3.57 Å². The van der Waals surface area contributed by atoms with Crippen LogP contribution in [0.2, 0.25) is 0 Å². The van der Waals surface area contributed by atoms with Gasteiger partial charge in [0, 0.05) is 9.99 Å². The van der Waals surface area contributed by atoms with Crippen molar-refractivity contribution in [2.45, 2.75) is 19.1 Å². The topological polar surface area (TPSA) is 111 Å². The summed E-state index contributed by atoms with van der Waals surface area (Å²) in [6.07, 6.45) is -0.444. The highest BCUT2D eigenvalue weighted by molar-refractivity contribution is 14.1. The second-order valence-electron chi connectivity index (χ2n) is 5.73. The summed E-state index contributed by atoms with van der Waals surface area (Å²) in [7, 11) is 0. The fourth-order valence-corrected chi connectivity index (χ4v) is 2.89. The van der Waals surface area contributed by atoms with Crippen molar-refractivity contribution in [3.05, 3.63) is 69.3 Å². The molecule has 142 valence electrons. The number of hydrogen-bond donors (Lipinski definition) is 3. The Morgan fingerprint density at radius 2 is 1.70 bits per heavy atom. The highest BCUT2D eigenvalue weighted by Gasteiger charge is 2.20. The number of halogens is 1. The minimum Gasteiger partial charge on any atom is -0.445 e. The van der Waals surface area contributed by atoms with Gasteiger partial charge >= 0.3 is 6.09 Å². The molecule has 0 spiro atoms. The second-order valence-corrected chi connectivity index (χ2v) is 6.90.